The van der Waals surface area contributed by atoms with Crippen LogP contribution in [0.4, 0.5) is 11.4 Å². The van der Waals surface area contributed by atoms with Gasteiger partial charge in [0.25, 0.3) is 11.4 Å². The Morgan fingerprint density at radius 3 is 2.36 bits per heavy atom. The van der Waals surface area contributed by atoms with Gasteiger partial charge in [0.15, 0.2) is 5.58 Å². The van der Waals surface area contributed by atoms with Gasteiger partial charge < -0.3 is 9.15 Å². The summed E-state index contributed by atoms with van der Waals surface area (Å²) in [6.45, 7) is 0. The summed E-state index contributed by atoms with van der Waals surface area (Å²) in [7, 11) is 0. The number of nitro benzene ring substituents is 2. The van der Waals surface area contributed by atoms with Crippen molar-refractivity contribution in [2.75, 3.05) is 0 Å². The molecule has 0 saturated carbocycles. The number of hydrogen-bond donors (Lipinski definition) is 0. The van der Waals surface area contributed by atoms with Gasteiger partial charge in [0.2, 0.25) is 5.89 Å². The summed E-state index contributed by atoms with van der Waals surface area (Å²) in [6, 6.07) is 16.7. The third kappa shape index (κ3) is 3.23. The van der Waals surface area contributed by atoms with E-state index in [1.165, 1.54) is 36.4 Å². The normalized spacial score (nSPS) is 10.7. The Morgan fingerprint density at radius 1 is 0.857 bits per heavy atom. The highest BCUT2D eigenvalue weighted by Gasteiger charge is 2.19. The van der Waals surface area contributed by atoms with Gasteiger partial charge in [0.1, 0.15) is 17.0 Å². The highest BCUT2D eigenvalue weighted by molar-refractivity contribution is 5.78. The Bertz CT molecular complexity index is 1180. The number of aromatic nitrogens is 1. The number of para-hydroxylation sites is 2. The maximum Gasteiger partial charge on any atom is 0.273 e. The van der Waals surface area contributed by atoms with Gasteiger partial charge in [-0.05, 0) is 24.3 Å². The fraction of sp³-hybridized carbons (Fsp3) is 0. The molecule has 3 aromatic carbocycles. The molecule has 1 heterocycles. The Kier molecular flexibility index (Phi) is 4.17. The summed E-state index contributed by atoms with van der Waals surface area (Å²) in [5.41, 5.74) is 1.07. The molecule has 0 aliphatic heterocycles. The maximum atomic E-state index is 11.2. The van der Waals surface area contributed by atoms with Gasteiger partial charge in [0.05, 0.1) is 21.5 Å². The van der Waals surface area contributed by atoms with Crippen LogP contribution in [0.5, 0.6) is 11.5 Å². The van der Waals surface area contributed by atoms with Crippen LogP contribution in [0.1, 0.15) is 0 Å². The topological polar surface area (TPSA) is 122 Å². The van der Waals surface area contributed by atoms with Crippen molar-refractivity contribution in [3.63, 3.8) is 0 Å². The quantitative estimate of drug-likeness (QED) is 0.350. The fourth-order valence-corrected chi connectivity index (χ4v) is 2.66. The smallest absolute Gasteiger partial charge is 0.273 e. The second kappa shape index (κ2) is 6.80. The average molecular weight is 377 g/mol. The van der Waals surface area contributed by atoms with Crippen molar-refractivity contribution in [3.05, 3.63) is 87.0 Å². The lowest BCUT2D eigenvalue weighted by Crippen LogP contribution is -1.94. The van der Waals surface area contributed by atoms with E-state index in [4.69, 9.17) is 9.15 Å². The molecular formula is C19H11N3O6. The second-order valence-electron chi connectivity index (χ2n) is 5.78. The number of nitro groups is 2. The van der Waals surface area contributed by atoms with Crippen LogP contribution in [0, 0.1) is 20.2 Å². The van der Waals surface area contributed by atoms with Gasteiger partial charge in [0, 0.05) is 18.2 Å². The van der Waals surface area contributed by atoms with Crippen LogP contribution >= 0.6 is 0 Å². The predicted molar refractivity (Wildman–Crippen MR) is 99.3 cm³/mol. The van der Waals surface area contributed by atoms with E-state index in [2.05, 4.69) is 4.98 Å². The zero-order chi connectivity index (χ0) is 19.7. The van der Waals surface area contributed by atoms with Crippen molar-refractivity contribution in [1.29, 1.82) is 0 Å². The maximum absolute atomic E-state index is 11.2. The third-order valence-corrected chi connectivity index (χ3v) is 3.95. The Balaban J connectivity index is 1.82. The summed E-state index contributed by atoms with van der Waals surface area (Å²) in [4.78, 5) is 25.4. The molecule has 0 atom stereocenters. The Morgan fingerprint density at radius 2 is 1.61 bits per heavy atom. The summed E-state index contributed by atoms with van der Waals surface area (Å²) in [5, 5.41) is 22.1. The molecule has 0 spiro atoms. The van der Waals surface area contributed by atoms with Crippen molar-refractivity contribution < 1.29 is 19.0 Å². The molecule has 0 aliphatic rings. The van der Waals surface area contributed by atoms with Crippen LogP contribution in [0.15, 0.2) is 71.1 Å². The lowest BCUT2D eigenvalue weighted by atomic mass is 10.1. The van der Waals surface area contributed by atoms with Gasteiger partial charge in [-0.3, -0.25) is 20.2 Å². The van der Waals surface area contributed by atoms with Crippen LogP contribution in [0.3, 0.4) is 0 Å². The minimum atomic E-state index is -0.538. The van der Waals surface area contributed by atoms with Crippen LogP contribution in [-0.4, -0.2) is 14.8 Å². The first-order valence-electron chi connectivity index (χ1n) is 8.08. The van der Waals surface area contributed by atoms with Crippen molar-refractivity contribution in [2.45, 2.75) is 0 Å². The predicted octanol–water partition coefficient (Wildman–Crippen LogP) is 5.10. The summed E-state index contributed by atoms with van der Waals surface area (Å²) < 4.78 is 11.5. The first-order valence-corrected chi connectivity index (χ1v) is 8.08. The number of hydrogen-bond acceptors (Lipinski definition) is 7. The van der Waals surface area contributed by atoms with Gasteiger partial charge in [-0.1, -0.05) is 18.2 Å². The van der Waals surface area contributed by atoms with E-state index >= 15 is 0 Å². The van der Waals surface area contributed by atoms with E-state index in [-0.39, 0.29) is 34.3 Å². The van der Waals surface area contributed by atoms with Gasteiger partial charge in [-0.15, -0.1) is 0 Å². The summed E-state index contributed by atoms with van der Waals surface area (Å²) >= 11 is 0. The molecule has 0 saturated heterocycles. The van der Waals surface area contributed by atoms with Crippen molar-refractivity contribution in [1.82, 2.24) is 4.98 Å². The van der Waals surface area contributed by atoms with E-state index in [1.807, 2.05) is 0 Å². The lowest BCUT2D eigenvalue weighted by molar-refractivity contribution is -0.385. The number of ether oxygens (including phenoxy) is 1. The van der Waals surface area contributed by atoms with Gasteiger partial charge in [-0.2, -0.15) is 0 Å². The first kappa shape index (κ1) is 17.2. The third-order valence-electron chi connectivity index (χ3n) is 3.95. The Hall–Kier alpha value is -4.27. The van der Waals surface area contributed by atoms with E-state index in [1.54, 1.807) is 30.3 Å². The van der Waals surface area contributed by atoms with Gasteiger partial charge >= 0.3 is 0 Å². The molecule has 0 amide bonds. The highest BCUT2D eigenvalue weighted by atomic mass is 16.6. The van der Waals surface area contributed by atoms with E-state index in [9.17, 15) is 20.2 Å². The summed E-state index contributed by atoms with van der Waals surface area (Å²) in [6.07, 6.45) is 0. The number of fused-ring (bicyclic) bond motifs is 1. The number of nitrogens with zero attached hydrogens (tertiary/aromatic N) is 3. The lowest BCUT2D eigenvalue weighted by Gasteiger charge is -2.09. The number of oxazole rings is 1. The first-order chi connectivity index (χ1) is 13.5. The molecule has 0 bridgehead atoms. The van der Waals surface area contributed by atoms with Crippen LogP contribution < -0.4 is 4.74 Å². The zero-order valence-electron chi connectivity index (χ0n) is 14.1. The van der Waals surface area contributed by atoms with Crippen molar-refractivity contribution >= 4 is 22.5 Å². The molecule has 0 unspecified atom stereocenters. The van der Waals surface area contributed by atoms with Crippen LogP contribution in [-0.2, 0) is 0 Å². The minimum Gasteiger partial charge on any atom is -0.456 e. The molecular weight excluding hydrogens is 366 g/mol. The molecule has 138 valence electrons. The second-order valence-corrected chi connectivity index (χ2v) is 5.78. The molecule has 4 rings (SSSR count). The molecule has 9 heteroatoms. The highest BCUT2D eigenvalue weighted by Crippen LogP contribution is 2.37. The molecule has 28 heavy (non-hydrogen) atoms. The average Bonchev–Trinajstić information content (AvgIpc) is 3.12. The number of benzene rings is 3. The molecule has 0 aliphatic carbocycles. The largest absolute Gasteiger partial charge is 0.456 e. The fourth-order valence-electron chi connectivity index (χ4n) is 2.66. The molecule has 1 aromatic heterocycles. The molecule has 0 fully saturated rings. The summed E-state index contributed by atoms with van der Waals surface area (Å²) in [5.74, 6) is 0.573. The standard InChI is InChI=1S/C19H11N3O6/c23-21(24)12-4-3-5-14(10-12)27-17-9-8-13(22(25)26)11-15(17)19-20-16-6-1-2-7-18(16)28-19/h1-11H. The van der Waals surface area contributed by atoms with Crippen LogP contribution in [0.2, 0.25) is 0 Å². The molecule has 0 radical (unpaired) electrons. The van der Waals surface area contributed by atoms with E-state index in [0.29, 0.717) is 11.1 Å². The zero-order valence-corrected chi connectivity index (χ0v) is 14.1. The SMILES string of the molecule is O=[N+]([O-])c1cccc(Oc2ccc([N+](=O)[O-])cc2-c2nc3ccccc3o2)c1. The molecule has 0 N–H and O–H groups in total. The molecule has 9 nitrogen and oxygen atoms in total. The van der Waals surface area contributed by atoms with Crippen molar-refractivity contribution in [2.24, 2.45) is 0 Å². The van der Waals surface area contributed by atoms with E-state index < -0.39 is 9.85 Å². The van der Waals surface area contributed by atoms with Gasteiger partial charge in [-0.25, -0.2) is 4.98 Å². The van der Waals surface area contributed by atoms with Crippen molar-refractivity contribution in [3.8, 4) is 23.0 Å². The van der Waals surface area contributed by atoms with E-state index in [0.717, 1.165) is 0 Å². The number of rotatable bonds is 5. The minimum absolute atomic E-state index is 0.136. The number of non-ortho nitro benzene ring substituents is 2. The Labute approximate surface area is 157 Å². The van der Waals surface area contributed by atoms with Crippen LogP contribution in [0.25, 0.3) is 22.6 Å². The monoisotopic (exact) mass is 377 g/mol. The molecule has 4 aromatic rings.